The fourth-order valence-corrected chi connectivity index (χ4v) is 2.77. The lowest BCUT2D eigenvalue weighted by atomic mass is 10.1. The molecule has 1 aromatic carbocycles. The van der Waals surface area contributed by atoms with Crippen LogP contribution in [0.4, 0.5) is 4.39 Å². The van der Waals surface area contributed by atoms with Gasteiger partial charge in [0.05, 0.1) is 6.10 Å². The van der Waals surface area contributed by atoms with E-state index in [1.807, 2.05) is 0 Å². The van der Waals surface area contributed by atoms with Gasteiger partial charge in [-0.05, 0) is 61.6 Å². The number of rotatable bonds is 8. The van der Waals surface area contributed by atoms with Crippen LogP contribution in [0.5, 0.6) is 0 Å². The molecule has 0 spiro atoms. The van der Waals surface area contributed by atoms with E-state index in [0.29, 0.717) is 12.0 Å². The lowest BCUT2D eigenvalue weighted by molar-refractivity contribution is 0.138. The molecule has 0 aromatic heterocycles. The maximum Gasteiger partial charge on any atom is 0.123 e. The van der Waals surface area contributed by atoms with Crippen LogP contribution in [0, 0.1) is 17.7 Å². The topological polar surface area (TPSA) is 23.5 Å². The predicted octanol–water partition coefficient (Wildman–Crippen LogP) is 3.37. The summed E-state index contributed by atoms with van der Waals surface area (Å²) in [5.41, 5.74) is 0.697. The van der Waals surface area contributed by atoms with Crippen LogP contribution in [0.1, 0.15) is 43.8 Å². The van der Waals surface area contributed by atoms with Gasteiger partial charge >= 0.3 is 0 Å². The Morgan fingerprint density at radius 3 is 2.35 bits per heavy atom. The highest BCUT2D eigenvalue weighted by atomic mass is 19.1. The fraction of sp³-hybridized carbons (Fsp3) is 0.647. The van der Waals surface area contributed by atoms with E-state index >= 15 is 0 Å². The predicted molar refractivity (Wildman–Crippen MR) is 77.9 cm³/mol. The van der Waals surface area contributed by atoms with Gasteiger partial charge in [-0.1, -0.05) is 12.1 Å². The number of aliphatic hydroxyl groups excluding tert-OH is 1. The van der Waals surface area contributed by atoms with E-state index in [1.54, 1.807) is 12.1 Å². The minimum Gasteiger partial charge on any atom is -0.388 e. The Labute approximate surface area is 120 Å². The Kier molecular flexibility index (Phi) is 4.37. The molecule has 0 radical (unpaired) electrons. The summed E-state index contributed by atoms with van der Waals surface area (Å²) in [4.78, 5) is 2.51. The average molecular weight is 277 g/mol. The van der Waals surface area contributed by atoms with Crippen LogP contribution in [0.2, 0.25) is 0 Å². The van der Waals surface area contributed by atoms with Crippen molar-refractivity contribution in [2.75, 3.05) is 19.6 Å². The molecule has 1 atom stereocenters. The van der Waals surface area contributed by atoms with Gasteiger partial charge in [-0.3, -0.25) is 0 Å². The van der Waals surface area contributed by atoms with E-state index in [9.17, 15) is 9.50 Å². The molecule has 1 aromatic rings. The summed E-state index contributed by atoms with van der Waals surface area (Å²) in [5, 5.41) is 10.2. The van der Waals surface area contributed by atoms with E-state index in [0.717, 1.165) is 18.4 Å². The molecule has 20 heavy (non-hydrogen) atoms. The Bertz CT molecular complexity index is 428. The summed E-state index contributed by atoms with van der Waals surface area (Å²) in [5.74, 6) is 1.51. The summed E-state index contributed by atoms with van der Waals surface area (Å²) in [6.45, 7) is 3.30. The largest absolute Gasteiger partial charge is 0.388 e. The Hall–Kier alpha value is -0.930. The maximum atomic E-state index is 13.2. The molecule has 2 saturated carbocycles. The lowest BCUT2D eigenvalue weighted by Gasteiger charge is -2.23. The molecule has 0 amide bonds. The van der Waals surface area contributed by atoms with Crippen molar-refractivity contribution in [1.29, 1.82) is 0 Å². The van der Waals surface area contributed by atoms with E-state index in [2.05, 4.69) is 4.90 Å². The molecule has 1 N–H and O–H groups in total. The van der Waals surface area contributed by atoms with Crippen LogP contribution in [0.25, 0.3) is 0 Å². The molecule has 0 saturated heterocycles. The van der Waals surface area contributed by atoms with Crippen molar-refractivity contribution >= 4 is 0 Å². The molecule has 2 nitrogen and oxygen atoms in total. The summed E-state index contributed by atoms with van der Waals surface area (Å²) in [6, 6.07) is 6.33. The molecule has 3 heteroatoms. The summed E-state index contributed by atoms with van der Waals surface area (Å²) in [7, 11) is 0. The van der Waals surface area contributed by atoms with E-state index in [-0.39, 0.29) is 5.82 Å². The summed E-state index contributed by atoms with van der Waals surface area (Å²) >= 11 is 0. The van der Waals surface area contributed by atoms with Crippen LogP contribution < -0.4 is 0 Å². The van der Waals surface area contributed by atoms with Gasteiger partial charge in [-0.2, -0.15) is 0 Å². The van der Waals surface area contributed by atoms with Gasteiger partial charge in [0.2, 0.25) is 0 Å². The molecule has 0 bridgehead atoms. The van der Waals surface area contributed by atoms with Gasteiger partial charge in [0, 0.05) is 19.6 Å². The average Bonchev–Trinajstić information content (AvgIpc) is 3.31. The van der Waals surface area contributed by atoms with Crippen LogP contribution in [-0.2, 0) is 0 Å². The van der Waals surface area contributed by atoms with Crippen LogP contribution in [0.15, 0.2) is 24.3 Å². The van der Waals surface area contributed by atoms with Crippen molar-refractivity contribution in [2.24, 2.45) is 11.8 Å². The van der Waals surface area contributed by atoms with Crippen molar-refractivity contribution in [3.63, 3.8) is 0 Å². The summed E-state index contributed by atoms with van der Waals surface area (Å²) < 4.78 is 13.2. The van der Waals surface area contributed by atoms with Crippen LogP contribution >= 0.6 is 0 Å². The molecular formula is C17H24FNO. The van der Waals surface area contributed by atoms with Gasteiger partial charge in [0.15, 0.2) is 0 Å². The number of halogens is 1. The van der Waals surface area contributed by atoms with E-state index < -0.39 is 6.10 Å². The SMILES string of the molecule is OC(CCN(CC1CC1)CC1CC1)c1cccc(F)c1. The second kappa shape index (κ2) is 6.23. The van der Waals surface area contributed by atoms with Crippen molar-refractivity contribution in [3.05, 3.63) is 35.6 Å². The molecule has 110 valence electrons. The van der Waals surface area contributed by atoms with Crippen LogP contribution in [-0.4, -0.2) is 29.6 Å². The third kappa shape index (κ3) is 4.29. The zero-order valence-corrected chi connectivity index (χ0v) is 12.0. The molecule has 0 heterocycles. The standard InChI is InChI=1S/C17H24FNO/c18-16-3-1-2-15(10-16)17(20)8-9-19(11-13-4-5-13)12-14-6-7-14/h1-3,10,13-14,17,20H,4-9,11-12H2. The molecular weight excluding hydrogens is 253 g/mol. The second-order valence-corrected chi connectivity index (χ2v) is 6.51. The number of nitrogens with zero attached hydrogens (tertiary/aromatic N) is 1. The third-order valence-corrected chi connectivity index (χ3v) is 4.38. The molecule has 0 aliphatic heterocycles. The highest BCUT2D eigenvalue weighted by molar-refractivity contribution is 5.18. The maximum absolute atomic E-state index is 13.2. The number of aliphatic hydroxyl groups is 1. The van der Waals surface area contributed by atoms with Gasteiger partial charge in [-0.15, -0.1) is 0 Å². The summed E-state index contributed by atoms with van der Waals surface area (Å²) in [6.07, 6.45) is 5.62. The zero-order chi connectivity index (χ0) is 13.9. The minimum atomic E-state index is -0.549. The van der Waals surface area contributed by atoms with Crippen molar-refractivity contribution < 1.29 is 9.50 Å². The minimum absolute atomic E-state index is 0.269. The molecule has 2 fully saturated rings. The highest BCUT2D eigenvalue weighted by Crippen LogP contribution is 2.34. The first kappa shape index (κ1) is 14.0. The highest BCUT2D eigenvalue weighted by Gasteiger charge is 2.29. The fourth-order valence-electron chi connectivity index (χ4n) is 2.77. The van der Waals surface area contributed by atoms with Gasteiger partial charge in [-0.25, -0.2) is 4.39 Å². The lowest BCUT2D eigenvalue weighted by Crippen LogP contribution is -2.30. The van der Waals surface area contributed by atoms with Gasteiger partial charge < -0.3 is 10.0 Å². The molecule has 1 unspecified atom stereocenters. The molecule has 3 rings (SSSR count). The van der Waals surface area contributed by atoms with E-state index in [4.69, 9.17) is 0 Å². The monoisotopic (exact) mass is 277 g/mol. The first-order valence-corrected chi connectivity index (χ1v) is 7.86. The van der Waals surface area contributed by atoms with Crippen LogP contribution in [0.3, 0.4) is 0 Å². The smallest absolute Gasteiger partial charge is 0.123 e. The number of hydrogen-bond acceptors (Lipinski definition) is 2. The van der Waals surface area contributed by atoms with Gasteiger partial charge in [0.25, 0.3) is 0 Å². The third-order valence-electron chi connectivity index (χ3n) is 4.38. The van der Waals surface area contributed by atoms with Crippen molar-refractivity contribution in [1.82, 2.24) is 4.90 Å². The van der Waals surface area contributed by atoms with E-state index in [1.165, 1.54) is 50.9 Å². The first-order valence-electron chi connectivity index (χ1n) is 7.86. The Morgan fingerprint density at radius 2 is 1.80 bits per heavy atom. The zero-order valence-electron chi connectivity index (χ0n) is 12.0. The Morgan fingerprint density at radius 1 is 1.15 bits per heavy atom. The second-order valence-electron chi connectivity index (χ2n) is 6.51. The molecule has 2 aliphatic rings. The Balaban J connectivity index is 1.49. The normalized spacial score (nSPS) is 20.4. The van der Waals surface area contributed by atoms with Gasteiger partial charge in [0.1, 0.15) is 5.82 Å². The van der Waals surface area contributed by atoms with Crippen molar-refractivity contribution in [2.45, 2.75) is 38.2 Å². The quantitative estimate of drug-likeness (QED) is 0.787. The molecule has 2 aliphatic carbocycles. The first-order chi connectivity index (χ1) is 9.70. The number of benzene rings is 1. The number of hydrogen-bond donors (Lipinski definition) is 1. The van der Waals surface area contributed by atoms with Crippen molar-refractivity contribution in [3.8, 4) is 0 Å².